The fourth-order valence-electron chi connectivity index (χ4n) is 5.84. The number of rotatable bonds is 8. The van der Waals surface area contributed by atoms with Crippen LogP contribution in [0, 0.1) is 17.8 Å². The number of carbonyl (C=O) groups is 3. The Hall–Kier alpha value is -1.93. The zero-order chi connectivity index (χ0) is 23.3. The number of carboxylic acids is 1. The zero-order valence-electron chi connectivity index (χ0n) is 19.2. The molecule has 3 fully saturated rings. The van der Waals surface area contributed by atoms with Crippen molar-refractivity contribution >= 4 is 17.8 Å². The number of ether oxygens (including phenoxy) is 1. The second-order valence-electron chi connectivity index (χ2n) is 10.5. The maximum Gasteiger partial charge on any atom is 0.310 e. The van der Waals surface area contributed by atoms with Crippen LogP contribution >= 0.6 is 0 Å². The monoisotopic (exact) mass is 436 g/mol. The highest BCUT2D eigenvalue weighted by Crippen LogP contribution is 2.59. The van der Waals surface area contributed by atoms with Crippen LogP contribution in [0.1, 0.15) is 53.9 Å². The molecule has 3 saturated heterocycles. The topological polar surface area (TPSA) is 107 Å². The molecule has 0 radical (unpaired) electrons. The van der Waals surface area contributed by atoms with Gasteiger partial charge in [-0.25, -0.2) is 0 Å². The zero-order valence-corrected chi connectivity index (χ0v) is 19.2. The van der Waals surface area contributed by atoms with E-state index in [-0.39, 0.29) is 24.3 Å². The van der Waals surface area contributed by atoms with Gasteiger partial charge in [0.15, 0.2) is 0 Å². The lowest BCUT2D eigenvalue weighted by Gasteiger charge is -2.43. The van der Waals surface area contributed by atoms with Crippen LogP contribution in [0.5, 0.6) is 0 Å². The molecule has 0 aromatic carbocycles. The van der Waals surface area contributed by atoms with Crippen molar-refractivity contribution in [3.8, 4) is 0 Å². The summed E-state index contributed by atoms with van der Waals surface area (Å²) in [4.78, 5) is 42.9. The van der Waals surface area contributed by atoms with Gasteiger partial charge in [0, 0.05) is 12.1 Å². The van der Waals surface area contributed by atoms with Gasteiger partial charge in [-0.05, 0) is 46.0 Å². The number of aliphatic carboxylic acids is 1. The third-order valence-corrected chi connectivity index (χ3v) is 6.99. The molecule has 2 N–H and O–H groups in total. The maximum atomic E-state index is 14.0. The van der Waals surface area contributed by atoms with E-state index < -0.39 is 47.1 Å². The van der Waals surface area contributed by atoms with Crippen LogP contribution in [-0.2, 0) is 19.1 Å². The molecule has 0 aliphatic carbocycles. The number of carboxylic acid groups (broad SMARTS) is 1. The Kier molecular flexibility index (Phi) is 6.28. The lowest BCUT2D eigenvalue weighted by molar-refractivity contribution is -0.155. The Bertz CT molecular complexity index is 760. The summed E-state index contributed by atoms with van der Waals surface area (Å²) >= 11 is 0. The van der Waals surface area contributed by atoms with Gasteiger partial charge >= 0.3 is 5.97 Å². The van der Waals surface area contributed by atoms with Gasteiger partial charge in [-0.15, -0.1) is 6.58 Å². The molecule has 8 heteroatoms. The van der Waals surface area contributed by atoms with Crippen LogP contribution in [-0.4, -0.2) is 80.3 Å². The summed E-state index contributed by atoms with van der Waals surface area (Å²) in [6.07, 6.45) is 2.54. The number of likely N-dealkylation sites (tertiary alicyclic amines) is 1. The van der Waals surface area contributed by atoms with Crippen molar-refractivity contribution in [1.82, 2.24) is 9.80 Å². The first-order valence-electron chi connectivity index (χ1n) is 11.2. The molecule has 2 amide bonds. The van der Waals surface area contributed by atoms with Gasteiger partial charge in [0.25, 0.3) is 0 Å². The Labute approximate surface area is 184 Å². The fourth-order valence-corrected chi connectivity index (χ4v) is 5.84. The van der Waals surface area contributed by atoms with Crippen molar-refractivity contribution in [3.05, 3.63) is 12.7 Å². The van der Waals surface area contributed by atoms with Crippen molar-refractivity contribution in [3.63, 3.8) is 0 Å². The van der Waals surface area contributed by atoms with E-state index in [1.807, 2.05) is 34.6 Å². The highest BCUT2D eigenvalue weighted by atomic mass is 16.5. The molecule has 8 nitrogen and oxygen atoms in total. The molecule has 0 unspecified atom stereocenters. The molecule has 1 spiro atoms. The predicted molar refractivity (Wildman–Crippen MR) is 114 cm³/mol. The minimum absolute atomic E-state index is 0.179. The number of nitrogens with zero attached hydrogens (tertiary/aromatic N) is 2. The fraction of sp³-hybridized carbons (Fsp3) is 0.783. The van der Waals surface area contributed by atoms with E-state index in [4.69, 9.17) is 4.74 Å². The first kappa shape index (κ1) is 23.7. The molecular weight excluding hydrogens is 400 g/mol. The summed E-state index contributed by atoms with van der Waals surface area (Å²) in [5.41, 5.74) is -1.71. The summed E-state index contributed by atoms with van der Waals surface area (Å²) in [5, 5.41) is 20.0. The van der Waals surface area contributed by atoms with E-state index in [0.29, 0.717) is 25.8 Å². The van der Waals surface area contributed by atoms with E-state index in [2.05, 4.69) is 6.58 Å². The SMILES string of the molecule is C=CCN(C(=O)[C@@H]1N([C@@H](CO)CC(C)C)C(=O)[C@H]2[C@H](C(=O)O)[C@@H]3CC[C@]12O3)C(C)(C)C. The second kappa shape index (κ2) is 8.20. The number of carbonyl (C=O) groups excluding carboxylic acids is 2. The molecular formula is C23H36N2O6. The third-order valence-electron chi connectivity index (χ3n) is 6.99. The van der Waals surface area contributed by atoms with Crippen molar-refractivity contribution in [2.45, 2.75) is 83.2 Å². The average molecular weight is 437 g/mol. The molecule has 0 aromatic rings. The first-order chi connectivity index (χ1) is 14.4. The second-order valence-corrected chi connectivity index (χ2v) is 10.5. The van der Waals surface area contributed by atoms with E-state index in [0.717, 1.165) is 0 Å². The van der Waals surface area contributed by atoms with E-state index >= 15 is 0 Å². The minimum Gasteiger partial charge on any atom is -0.481 e. The standard InChI is InChI=1S/C23H36N2O6/c1-7-10-24(22(4,5)6)20(28)18-23-9-8-15(31-23)16(21(29)30)17(23)19(27)25(18)14(12-26)11-13(2)3/h7,13-18,26H,1,8-12H2,2-6H3,(H,29,30)/t14-,15+,16-,17-,18+,23-/m1/s1. The molecule has 3 rings (SSSR count). The molecule has 3 aliphatic rings. The number of hydrogen-bond acceptors (Lipinski definition) is 5. The normalized spacial score (nSPS) is 33.0. The van der Waals surface area contributed by atoms with Gasteiger partial charge in [0.1, 0.15) is 11.6 Å². The first-order valence-corrected chi connectivity index (χ1v) is 11.2. The average Bonchev–Trinajstić information content (AvgIpc) is 3.30. The van der Waals surface area contributed by atoms with Crippen LogP contribution in [0.25, 0.3) is 0 Å². The molecule has 2 bridgehead atoms. The summed E-state index contributed by atoms with van der Waals surface area (Å²) in [6, 6.07) is -1.54. The number of fused-ring (bicyclic) bond motifs is 1. The minimum atomic E-state index is -1.17. The Balaban J connectivity index is 2.13. The van der Waals surface area contributed by atoms with Gasteiger partial charge in [-0.3, -0.25) is 14.4 Å². The smallest absolute Gasteiger partial charge is 0.310 e. The van der Waals surface area contributed by atoms with Gasteiger partial charge in [0.2, 0.25) is 11.8 Å². The quantitative estimate of drug-likeness (QED) is 0.561. The summed E-state index contributed by atoms with van der Waals surface area (Å²) in [5.74, 6) is -3.44. The number of hydrogen-bond donors (Lipinski definition) is 2. The largest absolute Gasteiger partial charge is 0.481 e. The molecule has 3 heterocycles. The molecule has 0 saturated carbocycles. The molecule has 6 atom stereocenters. The summed E-state index contributed by atoms with van der Waals surface area (Å²) in [6.45, 7) is 13.5. The Morgan fingerprint density at radius 2 is 2.03 bits per heavy atom. The summed E-state index contributed by atoms with van der Waals surface area (Å²) < 4.78 is 6.23. The molecule has 3 aliphatic heterocycles. The van der Waals surface area contributed by atoms with Gasteiger partial charge < -0.3 is 24.7 Å². The molecule has 174 valence electrons. The van der Waals surface area contributed by atoms with Crippen molar-refractivity contribution in [2.75, 3.05) is 13.2 Å². The van der Waals surface area contributed by atoms with Crippen molar-refractivity contribution in [1.29, 1.82) is 0 Å². The van der Waals surface area contributed by atoms with Crippen molar-refractivity contribution in [2.24, 2.45) is 17.8 Å². The molecule has 31 heavy (non-hydrogen) atoms. The summed E-state index contributed by atoms with van der Waals surface area (Å²) in [7, 11) is 0. The van der Waals surface area contributed by atoms with Crippen LogP contribution in [0.2, 0.25) is 0 Å². The predicted octanol–water partition coefficient (Wildman–Crippen LogP) is 1.67. The van der Waals surface area contributed by atoms with E-state index in [1.54, 1.807) is 11.0 Å². The Morgan fingerprint density at radius 1 is 1.39 bits per heavy atom. The molecule has 0 aromatic heterocycles. The third kappa shape index (κ3) is 3.67. The van der Waals surface area contributed by atoms with Gasteiger partial charge in [-0.2, -0.15) is 0 Å². The number of amides is 2. The van der Waals surface area contributed by atoms with Gasteiger partial charge in [-0.1, -0.05) is 19.9 Å². The van der Waals surface area contributed by atoms with Crippen LogP contribution < -0.4 is 0 Å². The van der Waals surface area contributed by atoms with E-state index in [1.165, 1.54) is 4.90 Å². The number of aliphatic hydroxyl groups is 1. The van der Waals surface area contributed by atoms with Crippen LogP contribution in [0.3, 0.4) is 0 Å². The highest BCUT2D eigenvalue weighted by Gasteiger charge is 2.75. The van der Waals surface area contributed by atoms with Gasteiger partial charge in [0.05, 0.1) is 30.6 Å². The number of aliphatic hydroxyl groups excluding tert-OH is 1. The lowest BCUT2D eigenvalue weighted by Crippen LogP contribution is -2.61. The van der Waals surface area contributed by atoms with Crippen LogP contribution in [0.15, 0.2) is 12.7 Å². The van der Waals surface area contributed by atoms with E-state index in [9.17, 15) is 24.6 Å². The Morgan fingerprint density at radius 3 is 2.52 bits per heavy atom. The lowest BCUT2D eigenvalue weighted by atomic mass is 9.70. The van der Waals surface area contributed by atoms with Crippen LogP contribution in [0.4, 0.5) is 0 Å². The maximum absolute atomic E-state index is 14.0. The van der Waals surface area contributed by atoms with Crippen molar-refractivity contribution < 1.29 is 29.3 Å². The highest BCUT2D eigenvalue weighted by molar-refractivity contribution is 5.98.